The molecule has 0 aliphatic rings. The Kier molecular flexibility index (Phi) is 4.76. The van der Waals surface area contributed by atoms with E-state index in [1.165, 1.54) is 6.20 Å². The van der Waals surface area contributed by atoms with Crippen molar-refractivity contribution in [3.8, 4) is 0 Å². The van der Waals surface area contributed by atoms with E-state index in [4.69, 9.17) is 22.1 Å². The summed E-state index contributed by atoms with van der Waals surface area (Å²) in [5.74, 6) is -0.388. The van der Waals surface area contributed by atoms with Crippen molar-refractivity contribution in [1.82, 2.24) is 9.78 Å². The van der Waals surface area contributed by atoms with E-state index in [1.54, 1.807) is 23.9 Å². The number of hydrogen-bond acceptors (Lipinski definition) is 4. The van der Waals surface area contributed by atoms with E-state index in [-0.39, 0.29) is 12.0 Å². The van der Waals surface area contributed by atoms with Gasteiger partial charge in [-0.05, 0) is 24.6 Å². The summed E-state index contributed by atoms with van der Waals surface area (Å²) in [5, 5.41) is 4.83. The highest BCUT2D eigenvalue weighted by Gasteiger charge is 2.16. The highest BCUT2D eigenvalue weighted by Crippen LogP contribution is 2.20. The van der Waals surface area contributed by atoms with Gasteiger partial charge >= 0.3 is 5.97 Å². The van der Waals surface area contributed by atoms with Crippen LogP contribution in [0.3, 0.4) is 0 Å². The molecule has 1 unspecified atom stereocenters. The normalized spacial score (nSPS) is 12.2. The lowest BCUT2D eigenvalue weighted by Crippen LogP contribution is -2.21. The van der Waals surface area contributed by atoms with Crippen LogP contribution in [0.4, 0.5) is 0 Å². The molecule has 5 nitrogen and oxygen atoms in total. The zero-order valence-corrected chi connectivity index (χ0v) is 11.9. The van der Waals surface area contributed by atoms with Gasteiger partial charge in [0.15, 0.2) is 0 Å². The van der Waals surface area contributed by atoms with E-state index in [2.05, 4.69) is 5.10 Å². The molecular weight excluding hydrogens is 278 g/mol. The molecule has 0 spiro atoms. The molecule has 0 saturated heterocycles. The van der Waals surface area contributed by atoms with Gasteiger partial charge in [-0.15, -0.1) is 0 Å². The largest absolute Gasteiger partial charge is 0.462 e. The van der Waals surface area contributed by atoms with Crippen molar-refractivity contribution in [2.75, 3.05) is 13.2 Å². The molecule has 2 aromatic rings. The third kappa shape index (κ3) is 3.18. The predicted octanol–water partition coefficient (Wildman–Crippen LogP) is 2.26. The number of ether oxygens (including phenoxy) is 1. The van der Waals surface area contributed by atoms with Crippen LogP contribution in [0.15, 0.2) is 36.7 Å². The maximum Gasteiger partial charge on any atom is 0.341 e. The van der Waals surface area contributed by atoms with Crippen LogP contribution in [-0.2, 0) is 4.74 Å². The summed E-state index contributed by atoms with van der Waals surface area (Å²) in [7, 11) is 0. The third-order valence-electron chi connectivity index (χ3n) is 2.89. The first-order valence-corrected chi connectivity index (χ1v) is 6.70. The summed E-state index contributed by atoms with van der Waals surface area (Å²) in [6.07, 6.45) is 3.11. The standard InChI is InChI=1S/C14H16ClN3O2/c1-2-20-14(19)11-8-17-18(9-11)13(7-16)10-4-3-5-12(15)6-10/h3-6,8-9,13H,2,7,16H2,1H3. The predicted molar refractivity (Wildman–Crippen MR) is 76.8 cm³/mol. The highest BCUT2D eigenvalue weighted by molar-refractivity contribution is 6.30. The smallest absolute Gasteiger partial charge is 0.341 e. The minimum Gasteiger partial charge on any atom is -0.462 e. The number of carbonyl (C=O) groups is 1. The maximum atomic E-state index is 11.6. The first kappa shape index (κ1) is 14.6. The molecule has 1 atom stereocenters. The van der Waals surface area contributed by atoms with Crippen LogP contribution in [-0.4, -0.2) is 28.9 Å². The van der Waals surface area contributed by atoms with Crippen LogP contribution in [0, 0.1) is 0 Å². The molecule has 6 heteroatoms. The summed E-state index contributed by atoms with van der Waals surface area (Å²) in [4.78, 5) is 11.6. The summed E-state index contributed by atoms with van der Waals surface area (Å²) >= 11 is 5.99. The molecule has 2 rings (SSSR count). The molecule has 106 valence electrons. The summed E-state index contributed by atoms with van der Waals surface area (Å²) in [6.45, 7) is 2.44. The maximum absolute atomic E-state index is 11.6. The van der Waals surface area contributed by atoms with Crippen molar-refractivity contribution in [2.45, 2.75) is 13.0 Å². The fourth-order valence-corrected chi connectivity index (χ4v) is 2.14. The van der Waals surface area contributed by atoms with Gasteiger partial charge < -0.3 is 10.5 Å². The van der Waals surface area contributed by atoms with E-state index in [0.717, 1.165) is 5.56 Å². The quantitative estimate of drug-likeness (QED) is 0.859. The minimum atomic E-state index is -0.388. The fourth-order valence-electron chi connectivity index (χ4n) is 1.94. The number of carbonyl (C=O) groups excluding carboxylic acids is 1. The SMILES string of the molecule is CCOC(=O)c1cnn(C(CN)c2cccc(Cl)c2)c1. The monoisotopic (exact) mass is 293 g/mol. The van der Waals surface area contributed by atoms with Gasteiger partial charge in [-0.25, -0.2) is 4.79 Å². The van der Waals surface area contributed by atoms with Crippen LogP contribution in [0.25, 0.3) is 0 Å². The van der Waals surface area contributed by atoms with Crippen LogP contribution in [0.1, 0.15) is 28.9 Å². The van der Waals surface area contributed by atoms with Crippen LogP contribution < -0.4 is 5.73 Å². The van der Waals surface area contributed by atoms with Gasteiger partial charge in [-0.2, -0.15) is 5.10 Å². The Labute approximate surface area is 122 Å². The number of nitrogens with zero attached hydrogens (tertiary/aromatic N) is 2. The molecule has 0 saturated carbocycles. The van der Waals surface area contributed by atoms with E-state index in [9.17, 15) is 4.79 Å². The Morgan fingerprint density at radius 1 is 1.55 bits per heavy atom. The zero-order chi connectivity index (χ0) is 14.5. The topological polar surface area (TPSA) is 70.1 Å². The lowest BCUT2D eigenvalue weighted by Gasteiger charge is -2.16. The van der Waals surface area contributed by atoms with Crippen molar-refractivity contribution in [1.29, 1.82) is 0 Å². The van der Waals surface area contributed by atoms with Crippen LogP contribution in [0.2, 0.25) is 5.02 Å². The van der Waals surface area contributed by atoms with Crippen molar-refractivity contribution >= 4 is 17.6 Å². The van der Waals surface area contributed by atoms with Gasteiger partial charge in [0.25, 0.3) is 0 Å². The summed E-state index contributed by atoms with van der Waals surface area (Å²) in [5.41, 5.74) is 7.16. The average Bonchev–Trinajstić information content (AvgIpc) is 2.90. The van der Waals surface area contributed by atoms with Crippen molar-refractivity contribution in [3.05, 3.63) is 52.8 Å². The number of halogens is 1. The first-order valence-electron chi connectivity index (χ1n) is 6.32. The molecule has 0 bridgehead atoms. The zero-order valence-electron chi connectivity index (χ0n) is 11.1. The molecule has 1 aromatic heterocycles. The Balaban J connectivity index is 2.26. The third-order valence-corrected chi connectivity index (χ3v) is 3.12. The van der Waals surface area contributed by atoms with Gasteiger partial charge in [0.05, 0.1) is 24.4 Å². The second-order valence-corrected chi connectivity index (χ2v) is 4.67. The van der Waals surface area contributed by atoms with E-state index < -0.39 is 0 Å². The second kappa shape index (κ2) is 6.54. The number of esters is 1. The Morgan fingerprint density at radius 3 is 3.00 bits per heavy atom. The average molecular weight is 294 g/mol. The van der Waals surface area contributed by atoms with Crippen LogP contribution >= 0.6 is 11.6 Å². The first-order chi connectivity index (χ1) is 9.65. The Bertz CT molecular complexity index is 598. The fraction of sp³-hybridized carbons (Fsp3) is 0.286. The number of rotatable bonds is 5. The molecule has 0 aliphatic carbocycles. The van der Waals surface area contributed by atoms with E-state index >= 15 is 0 Å². The molecule has 1 heterocycles. The summed E-state index contributed by atoms with van der Waals surface area (Å²) in [6, 6.07) is 7.25. The number of aromatic nitrogens is 2. The van der Waals surface area contributed by atoms with E-state index in [1.807, 2.05) is 18.2 Å². The van der Waals surface area contributed by atoms with Crippen molar-refractivity contribution in [3.63, 3.8) is 0 Å². The lowest BCUT2D eigenvalue weighted by atomic mass is 10.1. The highest BCUT2D eigenvalue weighted by atomic mass is 35.5. The Hall–Kier alpha value is -1.85. The molecule has 1 aromatic carbocycles. The van der Waals surface area contributed by atoms with E-state index in [0.29, 0.717) is 23.7 Å². The van der Waals surface area contributed by atoms with Gasteiger partial charge in [0.1, 0.15) is 0 Å². The van der Waals surface area contributed by atoms with Crippen molar-refractivity contribution in [2.24, 2.45) is 5.73 Å². The van der Waals surface area contributed by atoms with Gasteiger partial charge in [-0.3, -0.25) is 4.68 Å². The molecule has 0 aliphatic heterocycles. The van der Waals surface area contributed by atoms with Gasteiger partial charge in [0.2, 0.25) is 0 Å². The van der Waals surface area contributed by atoms with Gasteiger partial charge in [0, 0.05) is 17.8 Å². The molecule has 20 heavy (non-hydrogen) atoms. The number of nitrogens with two attached hydrogens (primary N) is 1. The molecule has 0 amide bonds. The molecule has 0 radical (unpaired) electrons. The molecular formula is C14H16ClN3O2. The number of benzene rings is 1. The second-order valence-electron chi connectivity index (χ2n) is 4.24. The van der Waals surface area contributed by atoms with Crippen molar-refractivity contribution < 1.29 is 9.53 Å². The lowest BCUT2D eigenvalue weighted by molar-refractivity contribution is 0.0526. The van der Waals surface area contributed by atoms with Gasteiger partial charge in [-0.1, -0.05) is 23.7 Å². The molecule has 2 N–H and O–H groups in total. The van der Waals surface area contributed by atoms with Crippen LogP contribution in [0.5, 0.6) is 0 Å². The minimum absolute atomic E-state index is 0.170. The summed E-state index contributed by atoms with van der Waals surface area (Å²) < 4.78 is 6.59. The molecule has 0 fully saturated rings. The Morgan fingerprint density at radius 2 is 2.35 bits per heavy atom. The number of hydrogen-bond donors (Lipinski definition) is 1.